The van der Waals surface area contributed by atoms with Gasteiger partial charge in [0.15, 0.2) is 0 Å². The fraction of sp³-hybridized carbons (Fsp3) is 0.333. The number of carbonyl (C=O) groups is 1. The van der Waals surface area contributed by atoms with E-state index in [9.17, 15) is 9.90 Å². The van der Waals surface area contributed by atoms with Gasteiger partial charge in [-0.25, -0.2) is 0 Å². The van der Waals surface area contributed by atoms with Crippen molar-refractivity contribution in [1.82, 2.24) is 0 Å². The molecule has 0 aromatic heterocycles. The fourth-order valence-corrected chi connectivity index (χ4v) is 1.52. The molecular formula is C12H13NO4. The van der Waals surface area contributed by atoms with Crippen molar-refractivity contribution in [1.29, 1.82) is 5.26 Å². The van der Waals surface area contributed by atoms with Crippen molar-refractivity contribution in [3.8, 4) is 11.8 Å². The van der Waals surface area contributed by atoms with Crippen LogP contribution in [0.5, 0.6) is 5.75 Å². The first-order valence-corrected chi connectivity index (χ1v) is 5.13. The third-order valence-electron chi connectivity index (χ3n) is 2.24. The third kappa shape index (κ3) is 3.20. The molecule has 0 aliphatic rings. The van der Waals surface area contributed by atoms with Gasteiger partial charge in [0.2, 0.25) is 0 Å². The van der Waals surface area contributed by atoms with Crippen LogP contribution in [0.4, 0.5) is 0 Å². The number of carbonyl (C=O) groups excluding carboxylic acids is 1. The van der Waals surface area contributed by atoms with Crippen LogP contribution in [0, 0.1) is 11.3 Å². The molecule has 1 rings (SSSR count). The lowest BCUT2D eigenvalue weighted by atomic mass is 9.98. The molecule has 1 aromatic carbocycles. The summed E-state index contributed by atoms with van der Waals surface area (Å²) in [7, 11) is 0. The summed E-state index contributed by atoms with van der Waals surface area (Å²) >= 11 is 0. The summed E-state index contributed by atoms with van der Waals surface area (Å²) in [6, 6.07) is 4.47. The summed E-state index contributed by atoms with van der Waals surface area (Å²) in [5.74, 6) is -0.581. The van der Waals surface area contributed by atoms with Crippen molar-refractivity contribution in [2.75, 3.05) is 6.61 Å². The number of esters is 1. The molecule has 5 nitrogen and oxygen atoms in total. The van der Waals surface area contributed by atoms with Crippen LogP contribution in [0.1, 0.15) is 23.6 Å². The van der Waals surface area contributed by atoms with Crippen molar-refractivity contribution in [2.24, 2.45) is 0 Å². The standard InChI is InChI=1S/C12H13NO4/c1-2-17-12(16)5-11-8(6-13)3-10(15)4-9(11)7-14/h3-4,14-15H,2,5,7H2,1H3. The predicted molar refractivity (Wildman–Crippen MR) is 59.1 cm³/mol. The molecule has 0 saturated carbocycles. The average molecular weight is 235 g/mol. The highest BCUT2D eigenvalue weighted by molar-refractivity contribution is 5.74. The van der Waals surface area contributed by atoms with Crippen LogP contribution in [0.2, 0.25) is 0 Å². The molecule has 0 fully saturated rings. The number of ether oxygens (including phenoxy) is 1. The number of rotatable bonds is 4. The van der Waals surface area contributed by atoms with E-state index in [1.54, 1.807) is 6.92 Å². The van der Waals surface area contributed by atoms with E-state index in [1.165, 1.54) is 12.1 Å². The van der Waals surface area contributed by atoms with E-state index in [0.29, 0.717) is 11.1 Å². The Morgan fingerprint density at radius 3 is 2.76 bits per heavy atom. The zero-order valence-corrected chi connectivity index (χ0v) is 9.43. The molecule has 2 N–H and O–H groups in total. The highest BCUT2D eigenvalue weighted by Gasteiger charge is 2.14. The lowest BCUT2D eigenvalue weighted by molar-refractivity contribution is -0.142. The molecule has 5 heteroatoms. The first-order valence-electron chi connectivity index (χ1n) is 5.13. The van der Waals surface area contributed by atoms with Crippen LogP contribution < -0.4 is 0 Å². The minimum absolute atomic E-state index is 0.0904. The average Bonchev–Trinajstić information content (AvgIpc) is 2.31. The predicted octanol–water partition coefficient (Wildman–Crippen LogP) is 0.862. The molecule has 0 radical (unpaired) electrons. The topological polar surface area (TPSA) is 90.6 Å². The van der Waals surface area contributed by atoms with Gasteiger partial charge < -0.3 is 14.9 Å². The molecule has 90 valence electrons. The number of aliphatic hydroxyl groups is 1. The molecule has 0 amide bonds. The van der Waals surface area contributed by atoms with E-state index >= 15 is 0 Å². The second-order valence-corrected chi connectivity index (χ2v) is 3.38. The summed E-state index contributed by atoms with van der Waals surface area (Å²) in [6.07, 6.45) is -0.0904. The molecule has 0 saturated heterocycles. The van der Waals surface area contributed by atoms with Gasteiger partial charge >= 0.3 is 5.97 Å². The zero-order valence-electron chi connectivity index (χ0n) is 9.43. The van der Waals surface area contributed by atoms with Gasteiger partial charge in [-0.05, 0) is 30.2 Å². The van der Waals surface area contributed by atoms with Gasteiger partial charge in [0.1, 0.15) is 5.75 Å². The van der Waals surface area contributed by atoms with Gasteiger partial charge in [0, 0.05) is 0 Å². The summed E-state index contributed by atoms with van der Waals surface area (Å²) in [5, 5.41) is 27.4. The molecule has 1 aromatic rings. The molecule has 0 aliphatic carbocycles. The Morgan fingerprint density at radius 2 is 2.24 bits per heavy atom. The van der Waals surface area contributed by atoms with Crippen LogP contribution in [-0.4, -0.2) is 22.8 Å². The molecule has 0 bridgehead atoms. The Bertz CT molecular complexity index is 462. The van der Waals surface area contributed by atoms with Crippen molar-refractivity contribution in [2.45, 2.75) is 20.0 Å². The van der Waals surface area contributed by atoms with Gasteiger partial charge in [-0.1, -0.05) is 0 Å². The number of hydrogen-bond donors (Lipinski definition) is 2. The number of benzene rings is 1. The third-order valence-corrected chi connectivity index (χ3v) is 2.24. The van der Waals surface area contributed by atoms with E-state index in [2.05, 4.69) is 0 Å². The van der Waals surface area contributed by atoms with E-state index in [0.717, 1.165) is 0 Å². The van der Waals surface area contributed by atoms with Crippen molar-refractivity contribution < 1.29 is 19.7 Å². The number of aromatic hydroxyl groups is 1. The molecule has 17 heavy (non-hydrogen) atoms. The van der Waals surface area contributed by atoms with E-state index in [1.807, 2.05) is 6.07 Å². The van der Waals surface area contributed by atoms with Gasteiger partial charge in [-0.3, -0.25) is 4.79 Å². The number of nitrogens with zero attached hydrogens (tertiary/aromatic N) is 1. The normalized spacial score (nSPS) is 9.71. The van der Waals surface area contributed by atoms with Gasteiger partial charge in [-0.15, -0.1) is 0 Å². The summed E-state index contributed by atoms with van der Waals surface area (Å²) < 4.78 is 4.78. The van der Waals surface area contributed by atoms with E-state index in [4.69, 9.17) is 15.1 Å². The molecule has 0 spiro atoms. The Hall–Kier alpha value is -2.06. The number of hydrogen-bond acceptors (Lipinski definition) is 5. The smallest absolute Gasteiger partial charge is 0.310 e. The van der Waals surface area contributed by atoms with E-state index in [-0.39, 0.29) is 30.9 Å². The Balaban J connectivity index is 3.12. The molecule has 0 aliphatic heterocycles. The molecule has 0 unspecified atom stereocenters. The molecule has 0 atom stereocenters. The van der Waals surface area contributed by atoms with Crippen LogP contribution >= 0.6 is 0 Å². The first-order chi connectivity index (χ1) is 8.12. The Labute approximate surface area is 98.9 Å². The van der Waals surface area contributed by atoms with E-state index < -0.39 is 5.97 Å². The SMILES string of the molecule is CCOC(=O)Cc1c(C#N)cc(O)cc1CO. The van der Waals surface area contributed by atoms with Crippen molar-refractivity contribution in [3.63, 3.8) is 0 Å². The lowest BCUT2D eigenvalue weighted by Crippen LogP contribution is -2.11. The summed E-state index contributed by atoms with van der Waals surface area (Å²) in [5.41, 5.74) is 0.919. The number of aliphatic hydroxyl groups excluding tert-OH is 1. The highest BCUT2D eigenvalue weighted by Crippen LogP contribution is 2.22. The minimum atomic E-state index is -0.468. The van der Waals surface area contributed by atoms with Crippen molar-refractivity contribution >= 4 is 5.97 Å². The maximum atomic E-state index is 11.4. The van der Waals surface area contributed by atoms with Crippen LogP contribution in [0.15, 0.2) is 12.1 Å². The number of nitriles is 1. The Kier molecular flexibility index (Phi) is 4.49. The maximum absolute atomic E-state index is 11.4. The maximum Gasteiger partial charge on any atom is 0.310 e. The second kappa shape index (κ2) is 5.87. The Morgan fingerprint density at radius 1 is 1.53 bits per heavy atom. The first kappa shape index (κ1) is 13.0. The van der Waals surface area contributed by atoms with Gasteiger partial charge in [0.05, 0.1) is 31.3 Å². The number of phenols is 1. The zero-order chi connectivity index (χ0) is 12.8. The van der Waals surface area contributed by atoms with Crippen molar-refractivity contribution in [3.05, 3.63) is 28.8 Å². The van der Waals surface area contributed by atoms with Crippen LogP contribution in [-0.2, 0) is 22.6 Å². The van der Waals surface area contributed by atoms with Crippen LogP contribution in [0.3, 0.4) is 0 Å². The van der Waals surface area contributed by atoms with Crippen LogP contribution in [0.25, 0.3) is 0 Å². The highest BCUT2D eigenvalue weighted by atomic mass is 16.5. The second-order valence-electron chi connectivity index (χ2n) is 3.38. The molecular weight excluding hydrogens is 222 g/mol. The number of phenolic OH excluding ortho intramolecular Hbond substituents is 1. The lowest BCUT2D eigenvalue weighted by Gasteiger charge is -2.09. The largest absolute Gasteiger partial charge is 0.508 e. The monoisotopic (exact) mass is 235 g/mol. The van der Waals surface area contributed by atoms with Gasteiger partial charge in [0.25, 0.3) is 0 Å². The summed E-state index contributed by atoms with van der Waals surface area (Å²) in [4.78, 5) is 11.4. The fourth-order valence-electron chi connectivity index (χ4n) is 1.52. The summed E-state index contributed by atoms with van der Waals surface area (Å²) in [6.45, 7) is 1.60. The van der Waals surface area contributed by atoms with Gasteiger partial charge in [-0.2, -0.15) is 5.26 Å². The molecule has 0 heterocycles. The minimum Gasteiger partial charge on any atom is -0.508 e. The quantitative estimate of drug-likeness (QED) is 0.755.